The summed E-state index contributed by atoms with van der Waals surface area (Å²) in [6.45, 7) is 7.77. The minimum atomic E-state index is -0.00611. The van der Waals surface area contributed by atoms with Gasteiger partial charge in [0.2, 0.25) is 5.91 Å². The Hall–Kier alpha value is -0.220. The van der Waals surface area contributed by atoms with Crippen molar-refractivity contribution >= 4 is 17.7 Å². The molecule has 13 heavy (non-hydrogen) atoms. The molecule has 0 radical (unpaired) electrons. The van der Waals surface area contributed by atoms with Crippen LogP contribution in [0, 0.1) is 0 Å². The van der Waals surface area contributed by atoms with Gasteiger partial charge in [-0.2, -0.15) is 0 Å². The number of rotatable bonds is 5. The van der Waals surface area contributed by atoms with Crippen molar-refractivity contribution in [1.29, 1.82) is 0 Å². The van der Waals surface area contributed by atoms with E-state index in [1.54, 1.807) is 11.8 Å². The van der Waals surface area contributed by atoms with Crippen molar-refractivity contribution in [1.82, 2.24) is 5.32 Å². The van der Waals surface area contributed by atoms with Crippen molar-refractivity contribution in [3.05, 3.63) is 0 Å². The third-order valence-electron chi connectivity index (χ3n) is 1.41. The van der Waals surface area contributed by atoms with Gasteiger partial charge in [-0.25, -0.2) is 0 Å². The maximum Gasteiger partial charge on any atom is 0.233 e. The molecular formula is C9H20N2OS. The molecule has 4 heteroatoms. The zero-order chi connectivity index (χ0) is 10.4. The average Bonchev–Trinajstić information content (AvgIpc) is 1.98. The smallest absolute Gasteiger partial charge is 0.233 e. The Morgan fingerprint density at radius 1 is 1.38 bits per heavy atom. The number of nitrogens with two attached hydrogens (primary N) is 1. The van der Waals surface area contributed by atoms with Crippen LogP contribution in [0.5, 0.6) is 0 Å². The van der Waals surface area contributed by atoms with Crippen molar-refractivity contribution in [2.75, 3.05) is 5.75 Å². The van der Waals surface area contributed by atoms with Gasteiger partial charge in [-0.1, -0.05) is 0 Å². The Kier molecular flexibility index (Phi) is 6.16. The highest BCUT2D eigenvalue weighted by molar-refractivity contribution is 8.00. The summed E-state index contributed by atoms with van der Waals surface area (Å²) in [6, 6.07) is 0.366. The van der Waals surface area contributed by atoms with E-state index in [9.17, 15) is 4.79 Å². The topological polar surface area (TPSA) is 55.1 Å². The van der Waals surface area contributed by atoms with Crippen LogP contribution < -0.4 is 11.1 Å². The summed E-state index contributed by atoms with van der Waals surface area (Å²) in [6.07, 6.45) is 0. The molecule has 1 amide bonds. The summed E-state index contributed by atoms with van der Waals surface area (Å²) in [7, 11) is 0. The number of carbonyl (C=O) groups excluding carboxylic acids is 1. The SMILES string of the molecule is CC(N)CSC(C)C(=O)NC(C)C. The maximum absolute atomic E-state index is 11.4. The molecule has 0 spiro atoms. The number of thioether (sulfide) groups is 1. The number of carbonyl (C=O) groups is 1. The van der Waals surface area contributed by atoms with Gasteiger partial charge in [-0.3, -0.25) is 4.79 Å². The quantitative estimate of drug-likeness (QED) is 0.702. The first-order valence-corrected chi connectivity index (χ1v) is 5.66. The lowest BCUT2D eigenvalue weighted by atomic mass is 10.3. The molecule has 2 unspecified atom stereocenters. The minimum Gasteiger partial charge on any atom is -0.353 e. The summed E-state index contributed by atoms with van der Waals surface area (Å²) in [5.74, 6) is 0.924. The van der Waals surface area contributed by atoms with Crippen molar-refractivity contribution in [2.45, 2.75) is 45.0 Å². The molecule has 0 fully saturated rings. The van der Waals surface area contributed by atoms with Gasteiger partial charge in [0.05, 0.1) is 5.25 Å². The second-order valence-corrected chi connectivity index (χ2v) is 4.99. The molecule has 3 nitrogen and oxygen atoms in total. The summed E-state index contributed by atoms with van der Waals surface area (Å²) in [4.78, 5) is 11.4. The lowest BCUT2D eigenvalue weighted by Crippen LogP contribution is -2.36. The molecule has 0 saturated carbocycles. The lowest BCUT2D eigenvalue weighted by Gasteiger charge is -2.14. The second kappa shape index (κ2) is 6.27. The van der Waals surface area contributed by atoms with E-state index in [0.29, 0.717) is 0 Å². The molecule has 0 rings (SSSR count). The number of amides is 1. The molecule has 0 heterocycles. The highest BCUT2D eigenvalue weighted by atomic mass is 32.2. The summed E-state index contributed by atoms with van der Waals surface area (Å²) < 4.78 is 0. The normalized spacial score (nSPS) is 15.5. The predicted octanol–water partition coefficient (Wildman–Crippen LogP) is 0.980. The largest absolute Gasteiger partial charge is 0.353 e. The Morgan fingerprint density at radius 2 is 1.92 bits per heavy atom. The summed E-state index contributed by atoms with van der Waals surface area (Å²) >= 11 is 1.60. The van der Waals surface area contributed by atoms with Crippen LogP contribution in [-0.2, 0) is 4.79 Å². The van der Waals surface area contributed by atoms with Crippen LogP contribution in [0.4, 0.5) is 0 Å². The first-order valence-electron chi connectivity index (χ1n) is 4.61. The minimum absolute atomic E-state index is 0.00611. The van der Waals surface area contributed by atoms with Gasteiger partial charge in [0.1, 0.15) is 0 Å². The molecule has 0 aromatic heterocycles. The van der Waals surface area contributed by atoms with E-state index >= 15 is 0 Å². The first-order chi connectivity index (χ1) is 5.93. The molecule has 78 valence electrons. The van der Waals surface area contributed by atoms with Crippen LogP contribution >= 0.6 is 11.8 Å². The fourth-order valence-corrected chi connectivity index (χ4v) is 1.59. The van der Waals surface area contributed by atoms with E-state index in [1.165, 1.54) is 0 Å². The highest BCUT2D eigenvalue weighted by Gasteiger charge is 2.14. The Balaban J connectivity index is 3.69. The zero-order valence-electron chi connectivity index (χ0n) is 8.83. The molecular weight excluding hydrogens is 184 g/mol. The van der Waals surface area contributed by atoms with E-state index in [-0.39, 0.29) is 23.2 Å². The van der Waals surface area contributed by atoms with Gasteiger partial charge >= 0.3 is 0 Å². The molecule has 0 aromatic rings. The van der Waals surface area contributed by atoms with Gasteiger partial charge in [-0.15, -0.1) is 11.8 Å². The van der Waals surface area contributed by atoms with E-state index < -0.39 is 0 Å². The highest BCUT2D eigenvalue weighted by Crippen LogP contribution is 2.11. The average molecular weight is 204 g/mol. The van der Waals surface area contributed by atoms with Gasteiger partial charge in [0, 0.05) is 17.8 Å². The van der Waals surface area contributed by atoms with Crippen LogP contribution in [0.2, 0.25) is 0 Å². The van der Waals surface area contributed by atoms with Crippen LogP contribution in [0.15, 0.2) is 0 Å². The van der Waals surface area contributed by atoms with E-state index in [0.717, 1.165) is 5.75 Å². The van der Waals surface area contributed by atoms with Crippen LogP contribution in [-0.4, -0.2) is 29.0 Å². The third-order valence-corrected chi connectivity index (χ3v) is 2.84. The molecule has 3 N–H and O–H groups in total. The molecule has 0 saturated heterocycles. The van der Waals surface area contributed by atoms with Gasteiger partial charge in [0.15, 0.2) is 0 Å². The predicted molar refractivity (Wildman–Crippen MR) is 58.8 cm³/mol. The zero-order valence-corrected chi connectivity index (χ0v) is 9.65. The monoisotopic (exact) mass is 204 g/mol. The molecule has 0 bridgehead atoms. The van der Waals surface area contributed by atoms with Gasteiger partial charge in [-0.05, 0) is 27.7 Å². The van der Waals surface area contributed by atoms with Crippen molar-refractivity contribution in [3.8, 4) is 0 Å². The summed E-state index contributed by atoms with van der Waals surface area (Å²) in [5.41, 5.74) is 5.59. The van der Waals surface area contributed by atoms with E-state index in [4.69, 9.17) is 5.73 Å². The first kappa shape index (κ1) is 12.8. The van der Waals surface area contributed by atoms with Crippen LogP contribution in [0.25, 0.3) is 0 Å². The Bertz CT molecular complexity index is 160. The van der Waals surface area contributed by atoms with Gasteiger partial charge < -0.3 is 11.1 Å². The third kappa shape index (κ3) is 6.90. The Labute approximate surface area is 84.8 Å². The molecule has 0 aliphatic rings. The van der Waals surface area contributed by atoms with Crippen LogP contribution in [0.3, 0.4) is 0 Å². The number of nitrogens with one attached hydrogen (secondary N) is 1. The number of hydrogen-bond donors (Lipinski definition) is 2. The van der Waals surface area contributed by atoms with Crippen molar-refractivity contribution in [3.63, 3.8) is 0 Å². The van der Waals surface area contributed by atoms with E-state index in [1.807, 2.05) is 27.7 Å². The molecule has 0 aromatic carbocycles. The van der Waals surface area contributed by atoms with Crippen molar-refractivity contribution < 1.29 is 4.79 Å². The molecule has 0 aliphatic carbocycles. The standard InChI is InChI=1S/C9H20N2OS/c1-6(2)11-9(12)8(4)13-5-7(3)10/h6-8H,5,10H2,1-4H3,(H,11,12). The van der Waals surface area contributed by atoms with Gasteiger partial charge in [0.25, 0.3) is 0 Å². The fourth-order valence-electron chi connectivity index (χ4n) is 0.774. The number of hydrogen-bond acceptors (Lipinski definition) is 3. The lowest BCUT2D eigenvalue weighted by molar-refractivity contribution is -0.120. The summed E-state index contributed by atoms with van der Waals surface area (Å²) in [5, 5.41) is 2.86. The Morgan fingerprint density at radius 3 is 2.31 bits per heavy atom. The van der Waals surface area contributed by atoms with Crippen molar-refractivity contribution in [2.24, 2.45) is 5.73 Å². The second-order valence-electron chi connectivity index (χ2n) is 3.62. The van der Waals surface area contributed by atoms with E-state index in [2.05, 4.69) is 5.32 Å². The fraction of sp³-hybridized carbons (Fsp3) is 0.889. The molecule has 0 aliphatic heterocycles. The van der Waals surface area contributed by atoms with Crippen LogP contribution in [0.1, 0.15) is 27.7 Å². The maximum atomic E-state index is 11.4. The molecule has 2 atom stereocenters.